The van der Waals surface area contributed by atoms with Crippen molar-refractivity contribution >= 4 is 28.9 Å². The number of ether oxygens (including phenoxy) is 1. The number of fused-ring (bicyclic) bond motifs is 2. The molecule has 2 aliphatic heterocycles. The zero-order valence-corrected chi connectivity index (χ0v) is 19.2. The Morgan fingerprint density at radius 2 is 1.69 bits per heavy atom. The van der Waals surface area contributed by atoms with Crippen molar-refractivity contribution in [1.29, 1.82) is 0 Å². The summed E-state index contributed by atoms with van der Waals surface area (Å²) in [6.07, 6.45) is -0.0800. The molecule has 1 aromatic heterocycles. The molecule has 2 saturated heterocycles. The number of nitrogens with one attached hydrogen (secondary N) is 1. The number of carbonyl (C=O) groups excluding carboxylic acids is 2. The van der Waals surface area contributed by atoms with Gasteiger partial charge in [-0.1, -0.05) is 17.3 Å². The van der Waals surface area contributed by atoms with Crippen molar-refractivity contribution in [3.63, 3.8) is 0 Å². The van der Waals surface area contributed by atoms with Gasteiger partial charge in [0, 0.05) is 37.8 Å². The largest absolute Gasteiger partial charge is 0.573 e. The molecule has 8 nitrogen and oxygen atoms in total. The third kappa shape index (κ3) is 5.34. The zero-order valence-electron chi connectivity index (χ0n) is 19.2. The first-order valence-corrected chi connectivity index (χ1v) is 11.7. The molecule has 0 radical (unpaired) electrons. The monoisotopic (exact) mass is 499 g/mol. The number of rotatable bonds is 4. The zero-order chi connectivity index (χ0) is 25.3. The van der Waals surface area contributed by atoms with Gasteiger partial charge in [-0.3, -0.25) is 14.7 Å². The number of carbonyl (C=O) groups is 2. The number of H-pyrrole nitrogens is 1. The van der Waals surface area contributed by atoms with Gasteiger partial charge < -0.3 is 14.5 Å². The topological polar surface area (TPSA) is 91.4 Å². The Kier molecular flexibility index (Phi) is 6.38. The summed E-state index contributed by atoms with van der Waals surface area (Å²) in [7, 11) is 0. The van der Waals surface area contributed by atoms with Crippen LogP contribution in [0.5, 0.6) is 5.75 Å². The molecule has 36 heavy (non-hydrogen) atoms. The Labute approximate surface area is 204 Å². The molecule has 2 atom stereocenters. The lowest BCUT2D eigenvalue weighted by molar-refractivity contribution is -0.274. The molecule has 2 fully saturated rings. The first kappa shape index (κ1) is 23.8. The summed E-state index contributed by atoms with van der Waals surface area (Å²) < 4.78 is 40.7. The van der Waals surface area contributed by atoms with E-state index in [-0.39, 0.29) is 17.6 Å². The number of nitrogens with zero attached hydrogens (tertiary/aromatic N) is 4. The Bertz CT molecular complexity index is 1270. The van der Waals surface area contributed by atoms with Crippen LogP contribution in [0.1, 0.15) is 28.8 Å². The fourth-order valence-electron chi connectivity index (χ4n) is 4.94. The third-order valence-electron chi connectivity index (χ3n) is 6.82. The van der Waals surface area contributed by atoms with Crippen LogP contribution in [0.2, 0.25) is 0 Å². The van der Waals surface area contributed by atoms with Crippen LogP contribution in [-0.4, -0.2) is 69.6 Å². The summed E-state index contributed by atoms with van der Waals surface area (Å²) in [5.74, 6) is 0.167. The van der Waals surface area contributed by atoms with Gasteiger partial charge in [-0.15, -0.1) is 18.3 Å². The van der Waals surface area contributed by atoms with Crippen molar-refractivity contribution in [2.45, 2.75) is 19.2 Å². The van der Waals surface area contributed by atoms with E-state index in [2.05, 4.69) is 20.1 Å². The number of aromatic nitrogens is 3. The molecule has 3 aromatic rings. The number of aromatic amines is 1. The van der Waals surface area contributed by atoms with E-state index in [1.165, 1.54) is 30.3 Å². The van der Waals surface area contributed by atoms with E-state index < -0.39 is 6.36 Å². The fraction of sp³-hybridized carbons (Fsp3) is 0.360. The van der Waals surface area contributed by atoms with Crippen molar-refractivity contribution in [3.05, 3.63) is 59.7 Å². The second-order valence-corrected chi connectivity index (χ2v) is 9.13. The maximum Gasteiger partial charge on any atom is 0.573 e. The van der Waals surface area contributed by atoms with Crippen LogP contribution < -0.4 is 4.74 Å². The van der Waals surface area contributed by atoms with Crippen LogP contribution in [0.4, 0.5) is 13.2 Å². The molecular weight excluding hydrogens is 475 g/mol. The number of benzene rings is 2. The Morgan fingerprint density at radius 1 is 1.00 bits per heavy atom. The lowest BCUT2D eigenvalue weighted by Gasteiger charge is -2.22. The summed E-state index contributed by atoms with van der Waals surface area (Å²) in [5.41, 5.74) is 2.62. The van der Waals surface area contributed by atoms with Crippen LogP contribution in [0.25, 0.3) is 17.1 Å². The summed E-state index contributed by atoms with van der Waals surface area (Å²) in [6.45, 7) is 2.50. The van der Waals surface area contributed by atoms with Gasteiger partial charge in [0.1, 0.15) is 11.3 Å². The molecule has 2 aromatic carbocycles. The quantitative estimate of drug-likeness (QED) is 0.551. The number of alkyl halides is 3. The van der Waals surface area contributed by atoms with Crippen LogP contribution in [-0.2, 0) is 4.79 Å². The molecule has 0 aliphatic carbocycles. The lowest BCUT2D eigenvalue weighted by Crippen LogP contribution is -2.33. The van der Waals surface area contributed by atoms with Gasteiger partial charge in [0.05, 0.1) is 5.52 Å². The highest BCUT2D eigenvalue weighted by Crippen LogP contribution is 2.32. The predicted octanol–water partition coefficient (Wildman–Crippen LogP) is 3.88. The summed E-state index contributed by atoms with van der Waals surface area (Å²) in [6, 6.07) is 10.7. The maximum absolute atomic E-state index is 13.0. The normalized spacial score (nSPS) is 20.5. The van der Waals surface area contributed by atoms with Gasteiger partial charge in [-0.25, -0.2) is 0 Å². The number of amides is 2. The Morgan fingerprint density at radius 3 is 2.36 bits per heavy atom. The molecule has 2 aliphatic rings. The van der Waals surface area contributed by atoms with Crippen LogP contribution in [0.15, 0.2) is 48.5 Å². The van der Waals surface area contributed by atoms with Crippen LogP contribution in [0, 0.1) is 11.8 Å². The minimum atomic E-state index is -4.74. The van der Waals surface area contributed by atoms with Gasteiger partial charge in [0.15, 0.2) is 0 Å². The number of halogens is 3. The minimum Gasteiger partial charge on any atom is -0.406 e. The summed E-state index contributed by atoms with van der Waals surface area (Å²) in [4.78, 5) is 29.5. The highest BCUT2D eigenvalue weighted by atomic mass is 19.4. The first-order chi connectivity index (χ1) is 17.2. The van der Waals surface area contributed by atoms with Crippen molar-refractivity contribution in [1.82, 2.24) is 25.2 Å². The standard InChI is InChI=1S/C25H24F3N5O3/c26-25(27,28)36-20-5-1-16(2-6-20)3-8-23(34)33-14-18-9-11-32(12-10-19(18)15-33)24(35)17-4-7-21-22(13-17)30-31-29-21/h1-8,13,18-19H,9-12,14-15H2,(H,29,30,31)/t18-,19+. The fourth-order valence-corrected chi connectivity index (χ4v) is 4.94. The second kappa shape index (κ2) is 9.63. The Balaban J connectivity index is 1.15. The molecule has 188 valence electrons. The van der Waals surface area contributed by atoms with Crippen molar-refractivity contribution in [2.75, 3.05) is 26.2 Å². The van der Waals surface area contributed by atoms with Gasteiger partial charge in [-0.05, 0) is 66.6 Å². The second-order valence-electron chi connectivity index (χ2n) is 9.13. The maximum atomic E-state index is 13.0. The van der Waals surface area contributed by atoms with E-state index >= 15 is 0 Å². The van der Waals surface area contributed by atoms with Crippen molar-refractivity contribution in [2.24, 2.45) is 11.8 Å². The lowest BCUT2D eigenvalue weighted by atomic mass is 9.92. The van der Waals surface area contributed by atoms with E-state index in [9.17, 15) is 22.8 Å². The highest BCUT2D eigenvalue weighted by Gasteiger charge is 2.37. The number of hydrogen-bond donors (Lipinski definition) is 1. The van der Waals surface area contributed by atoms with E-state index in [1.54, 1.807) is 24.3 Å². The number of hydrogen-bond acceptors (Lipinski definition) is 5. The molecule has 3 heterocycles. The van der Waals surface area contributed by atoms with Gasteiger partial charge in [0.25, 0.3) is 5.91 Å². The smallest absolute Gasteiger partial charge is 0.406 e. The molecule has 2 amide bonds. The van der Waals surface area contributed by atoms with Crippen molar-refractivity contribution < 1.29 is 27.5 Å². The summed E-state index contributed by atoms with van der Waals surface area (Å²) in [5, 5.41) is 10.5. The number of likely N-dealkylation sites (tertiary alicyclic amines) is 2. The Hall–Kier alpha value is -3.89. The molecule has 1 N–H and O–H groups in total. The van der Waals surface area contributed by atoms with E-state index in [0.717, 1.165) is 18.4 Å². The van der Waals surface area contributed by atoms with Crippen LogP contribution >= 0.6 is 0 Å². The SMILES string of the molecule is O=C(C=Cc1ccc(OC(F)(F)F)cc1)N1C[C@H]2CCN(C(=O)c3ccc4[nH]nnc4c3)CC[C@H]2C1. The molecular formula is C25H24F3N5O3. The van der Waals surface area contributed by atoms with E-state index in [0.29, 0.717) is 54.7 Å². The third-order valence-corrected chi connectivity index (χ3v) is 6.82. The van der Waals surface area contributed by atoms with Gasteiger partial charge >= 0.3 is 6.36 Å². The van der Waals surface area contributed by atoms with Gasteiger partial charge in [0.2, 0.25) is 5.91 Å². The van der Waals surface area contributed by atoms with E-state index in [1.807, 2.05) is 9.80 Å². The molecule has 5 rings (SSSR count). The van der Waals surface area contributed by atoms with Crippen LogP contribution in [0.3, 0.4) is 0 Å². The molecule has 11 heteroatoms. The molecule has 0 spiro atoms. The molecule has 0 unspecified atom stereocenters. The van der Waals surface area contributed by atoms with Gasteiger partial charge in [-0.2, -0.15) is 0 Å². The predicted molar refractivity (Wildman–Crippen MR) is 125 cm³/mol. The summed E-state index contributed by atoms with van der Waals surface area (Å²) >= 11 is 0. The minimum absolute atomic E-state index is 0.0256. The average Bonchev–Trinajstić information content (AvgIpc) is 3.44. The molecule has 0 saturated carbocycles. The first-order valence-electron chi connectivity index (χ1n) is 11.7. The molecule has 0 bridgehead atoms. The van der Waals surface area contributed by atoms with Crippen molar-refractivity contribution in [3.8, 4) is 5.75 Å². The van der Waals surface area contributed by atoms with E-state index in [4.69, 9.17) is 0 Å². The highest BCUT2D eigenvalue weighted by molar-refractivity contribution is 5.97. The average molecular weight is 499 g/mol.